The maximum atomic E-state index is 10.6. The van der Waals surface area contributed by atoms with E-state index in [1.807, 2.05) is 30.3 Å². The molecular formula is C8H8NO2P. The molecule has 0 heterocycles. The maximum Gasteiger partial charge on any atom is 0.288 e. The van der Waals surface area contributed by atoms with Gasteiger partial charge in [-0.15, -0.1) is 0 Å². The summed E-state index contributed by atoms with van der Waals surface area (Å²) in [4.78, 5) is 0. The smallest absolute Gasteiger partial charge is 0.288 e. The molecule has 0 N–H and O–H groups in total. The van der Waals surface area contributed by atoms with Crippen molar-refractivity contribution in [2.45, 2.75) is 6.61 Å². The molecule has 0 radical (unpaired) electrons. The fourth-order valence-electron chi connectivity index (χ4n) is 0.755. The average Bonchev–Trinajstić information content (AvgIpc) is 2.16. The van der Waals surface area contributed by atoms with E-state index in [9.17, 15) is 4.57 Å². The van der Waals surface area contributed by atoms with Crippen molar-refractivity contribution in [3.05, 3.63) is 35.9 Å². The van der Waals surface area contributed by atoms with Crippen molar-refractivity contribution in [1.82, 2.24) is 0 Å². The highest BCUT2D eigenvalue weighted by Gasteiger charge is 1.95. The first-order chi connectivity index (χ1) is 5.83. The molecule has 0 aliphatic heterocycles. The third-order valence-electron chi connectivity index (χ3n) is 1.30. The fourth-order valence-corrected chi connectivity index (χ4v) is 1.12. The quantitative estimate of drug-likeness (QED) is 0.671. The highest BCUT2D eigenvalue weighted by atomic mass is 31.1. The molecule has 3 nitrogen and oxygen atoms in total. The van der Waals surface area contributed by atoms with Crippen LogP contribution < -0.4 is 0 Å². The van der Waals surface area contributed by atoms with Crippen LogP contribution in [0.2, 0.25) is 0 Å². The summed E-state index contributed by atoms with van der Waals surface area (Å²) >= 11 is 0. The van der Waals surface area contributed by atoms with Crippen LogP contribution in [0.3, 0.4) is 0 Å². The average molecular weight is 181 g/mol. The van der Waals surface area contributed by atoms with Crippen LogP contribution in [0.1, 0.15) is 5.56 Å². The van der Waals surface area contributed by atoms with E-state index in [-0.39, 0.29) is 6.61 Å². The number of rotatable bonds is 3. The van der Waals surface area contributed by atoms with Gasteiger partial charge in [-0.05, 0) is 5.56 Å². The summed E-state index contributed by atoms with van der Waals surface area (Å²) in [5.41, 5.74) is 0.922. The molecule has 1 unspecified atom stereocenters. The number of nitrogens with zero attached hydrogens (tertiary/aromatic N) is 1. The summed E-state index contributed by atoms with van der Waals surface area (Å²) in [6.45, 7) is 0.242. The normalized spacial score (nSPS) is 11.9. The molecule has 1 rings (SSSR count). The zero-order valence-corrected chi connectivity index (χ0v) is 7.36. The first kappa shape index (κ1) is 8.99. The number of benzene rings is 1. The Morgan fingerprint density at radius 3 is 2.67 bits per heavy atom. The molecule has 0 saturated heterocycles. The zero-order valence-electron chi connectivity index (χ0n) is 6.36. The van der Waals surface area contributed by atoms with Gasteiger partial charge in [0, 0.05) is 0 Å². The Kier molecular flexibility index (Phi) is 3.53. The summed E-state index contributed by atoms with van der Waals surface area (Å²) < 4.78 is 15.3. The SMILES string of the molecule is N#C[PH](=O)OCc1ccccc1. The highest BCUT2D eigenvalue weighted by Crippen LogP contribution is 2.21. The van der Waals surface area contributed by atoms with Crippen LogP contribution >= 0.6 is 8.03 Å². The van der Waals surface area contributed by atoms with Gasteiger partial charge < -0.3 is 4.52 Å². The van der Waals surface area contributed by atoms with Crippen LogP contribution in [0.25, 0.3) is 0 Å². The van der Waals surface area contributed by atoms with Crippen LogP contribution in [-0.2, 0) is 15.7 Å². The number of hydrogen-bond acceptors (Lipinski definition) is 3. The van der Waals surface area contributed by atoms with Crippen LogP contribution in [0.5, 0.6) is 0 Å². The lowest BCUT2D eigenvalue weighted by Crippen LogP contribution is -1.83. The van der Waals surface area contributed by atoms with E-state index < -0.39 is 8.03 Å². The van der Waals surface area contributed by atoms with Crippen molar-refractivity contribution in [3.8, 4) is 5.81 Å². The molecule has 0 aliphatic carbocycles. The van der Waals surface area contributed by atoms with Gasteiger partial charge in [0.2, 0.25) is 0 Å². The Balaban J connectivity index is 2.45. The van der Waals surface area contributed by atoms with Gasteiger partial charge in [-0.3, -0.25) is 4.57 Å². The molecule has 62 valence electrons. The minimum absolute atomic E-state index is 0.242. The van der Waals surface area contributed by atoms with Crippen molar-refractivity contribution in [1.29, 1.82) is 5.26 Å². The van der Waals surface area contributed by atoms with Crippen LogP contribution in [-0.4, -0.2) is 0 Å². The van der Waals surface area contributed by atoms with Crippen molar-refractivity contribution >= 4 is 8.03 Å². The largest absolute Gasteiger partial charge is 0.316 e. The van der Waals surface area contributed by atoms with E-state index in [0.29, 0.717) is 0 Å². The Hall–Kier alpha value is -1.10. The lowest BCUT2D eigenvalue weighted by molar-refractivity contribution is 0.325. The minimum atomic E-state index is -2.47. The monoisotopic (exact) mass is 181 g/mol. The van der Waals surface area contributed by atoms with E-state index in [1.54, 1.807) is 5.81 Å². The van der Waals surface area contributed by atoms with Gasteiger partial charge in [0.25, 0.3) is 8.03 Å². The standard InChI is InChI=1S/C8H8NO2P/c9-7-12(10)11-6-8-4-2-1-3-5-8/h1-5,12H,6H2. The molecule has 0 amide bonds. The van der Waals surface area contributed by atoms with Gasteiger partial charge >= 0.3 is 0 Å². The Labute approximate surface area is 71.5 Å². The summed E-state index contributed by atoms with van der Waals surface area (Å²) in [7, 11) is -2.47. The molecule has 1 aromatic carbocycles. The minimum Gasteiger partial charge on any atom is -0.316 e. The maximum absolute atomic E-state index is 10.6. The van der Waals surface area contributed by atoms with Gasteiger partial charge in [0.15, 0.2) is 5.81 Å². The van der Waals surface area contributed by atoms with Crippen molar-refractivity contribution in [2.24, 2.45) is 0 Å². The van der Waals surface area contributed by atoms with Gasteiger partial charge in [-0.2, -0.15) is 5.26 Å². The van der Waals surface area contributed by atoms with E-state index >= 15 is 0 Å². The van der Waals surface area contributed by atoms with Gasteiger partial charge in [-0.1, -0.05) is 30.3 Å². The van der Waals surface area contributed by atoms with Gasteiger partial charge in [0.05, 0.1) is 6.61 Å². The fraction of sp³-hybridized carbons (Fsp3) is 0.125. The third kappa shape index (κ3) is 2.87. The summed E-state index contributed by atoms with van der Waals surface area (Å²) in [6, 6.07) is 9.32. The lowest BCUT2D eigenvalue weighted by atomic mass is 10.2. The Morgan fingerprint density at radius 2 is 2.08 bits per heavy atom. The molecule has 0 fully saturated rings. The molecule has 1 aromatic rings. The van der Waals surface area contributed by atoms with Crippen molar-refractivity contribution in [3.63, 3.8) is 0 Å². The molecule has 4 heteroatoms. The first-order valence-electron chi connectivity index (χ1n) is 3.43. The summed E-state index contributed by atoms with van der Waals surface area (Å²) in [5, 5.41) is 8.17. The molecule has 0 aromatic heterocycles. The predicted octanol–water partition coefficient (Wildman–Crippen LogP) is 2.16. The van der Waals surface area contributed by atoms with E-state index in [4.69, 9.17) is 9.79 Å². The number of hydrogen-bond donors (Lipinski definition) is 0. The Bertz CT molecular complexity index is 305. The Morgan fingerprint density at radius 1 is 1.42 bits per heavy atom. The molecule has 0 aliphatic rings. The van der Waals surface area contributed by atoms with Crippen LogP contribution in [0.15, 0.2) is 30.3 Å². The molecule has 12 heavy (non-hydrogen) atoms. The van der Waals surface area contributed by atoms with E-state index in [2.05, 4.69) is 0 Å². The second-order valence-electron chi connectivity index (χ2n) is 2.17. The summed E-state index contributed by atoms with van der Waals surface area (Å²) in [5.74, 6) is 1.56. The second kappa shape index (κ2) is 4.71. The van der Waals surface area contributed by atoms with Gasteiger partial charge in [-0.25, -0.2) is 0 Å². The van der Waals surface area contributed by atoms with E-state index in [0.717, 1.165) is 5.56 Å². The van der Waals surface area contributed by atoms with Crippen molar-refractivity contribution < 1.29 is 9.09 Å². The van der Waals surface area contributed by atoms with Crippen molar-refractivity contribution in [2.75, 3.05) is 0 Å². The molecule has 0 spiro atoms. The van der Waals surface area contributed by atoms with E-state index in [1.165, 1.54) is 0 Å². The van der Waals surface area contributed by atoms with Crippen LogP contribution in [0, 0.1) is 11.1 Å². The highest BCUT2D eigenvalue weighted by molar-refractivity contribution is 7.44. The number of nitriles is 1. The molecular weight excluding hydrogens is 173 g/mol. The summed E-state index contributed by atoms with van der Waals surface area (Å²) in [6.07, 6.45) is 0. The first-order valence-corrected chi connectivity index (χ1v) is 4.75. The van der Waals surface area contributed by atoms with Gasteiger partial charge in [0.1, 0.15) is 0 Å². The second-order valence-corrected chi connectivity index (χ2v) is 3.26. The van der Waals surface area contributed by atoms with Crippen LogP contribution in [0.4, 0.5) is 0 Å². The zero-order chi connectivity index (χ0) is 8.81. The topological polar surface area (TPSA) is 50.1 Å². The molecule has 0 saturated carbocycles. The lowest BCUT2D eigenvalue weighted by Gasteiger charge is -1.97. The molecule has 0 bridgehead atoms. The molecule has 1 atom stereocenters. The predicted molar refractivity (Wildman–Crippen MR) is 45.8 cm³/mol. The third-order valence-corrected chi connectivity index (χ3v) is 1.89.